The zero-order chi connectivity index (χ0) is 22.2. The van der Waals surface area contributed by atoms with Crippen LogP contribution < -0.4 is 15.4 Å². The SMILES string of the molecule is CCC(C)Oc1cc(C)ccc1CN=C(NCc1nnc(C)n1C)NCC1CCCO1. The first-order chi connectivity index (χ1) is 15.0. The first kappa shape index (κ1) is 23.1. The van der Waals surface area contributed by atoms with E-state index < -0.39 is 0 Å². The van der Waals surface area contributed by atoms with Gasteiger partial charge in [0.25, 0.3) is 0 Å². The average Bonchev–Trinajstić information content (AvgIpc) is 3.39. The molecule has 2 N–H and O–H groups in total. The third kappa shape index (κ3) is 6.69. The lowest BCUT2D eigenvalue weighted by Crippen LogP contribution is -2.41. The number of hydrogen-bond acceptors (Lipinski definition) is 5. The smallest absolute Gasteiger partial charge is 0.192 e. The van der Waals surface area contributed by atoms with E-state index in [-0.39, 0.29) is 12.2 Å². The number of aromatic nitrogens is 3. The molecule has 31 heavy (non-hydrogen) atoms. The van der Waals surface area contributed by atoms with Crippen molar-refractivity contribution in [3.05, 3.63) is 41.0 Å². The van der Waals surface area contributed by atoms with Crippen LogP contribution in [0.15, 0.2) is 23.2 Å². The lowest BCUT2D eigenvalue weighted by atomic mass is 10.1. The molecule has 2 atom stereocenters. The van der Waals surface area contributed by atoms with E-state index >= 15 is 0 Å². The van der Waals surface area contributed by atoms with E-state index in [1.807, 2.05) is 18.5 Å². The van der Waals surface area contributed by atoms with Crippen molar-refractivity contribution in [1.82, 2.24) is 25.4 Å². The molecule has 0 bridgehead atoms. The van der Waals surface area contributed by atoms with Crippen LogP contribution in [0.1, 0.15) is 55.9 Å². The summed E-state index contributed by atoms with van der Waals surface area (Å²) in [4.78, 5) is 4.83. The molecular formula is C23H36N6O2. The standard InChI is InChI=1S/C23H36N6O2/c1-6-17(3)31-21-12-16(2)9-10-19(21)13-24-23(25-14-20-8-7-11-30-20)26-15-22-28-27-18(4)29(22)5/h9-10,12,17,20H,6-8,11,13-15H2,1-5H3,(H2,24,25,26). The van der Waals surface area contributed by atoms with Crippen LogP contribution in [0, 0.1) is 13.8 Å². The van der Waals surface area contributed by atoms with Gasteiger partial charge >= 0.3 is 0 Å². The molecule has 1 aliphatic rings. The maximum atomic E-state index is 6.15. The fourth-order valence-corrected chi connectivity index (χ4v) is 3.32. The third-order valence-corrected chi connectivity index (χ3v) is 5.65. The molecule has 0 aliphatic carbocycles. The molecule has 1 aromatic heterocycles. The second-order valence-electron chi connectivity index (χ2n) is 8.20. The Bertz CT molecular complexity index is 873. The number of guanidine groups is 1. The van der Waals surface area contributed by atoms with Crippen LogP contribution in [0.4, 0.5) is 0 Å². The Morgan fingerprint density at radius 2 is 2.16 bits per heavy atom. The largest absolute Gasteiger partial charge is 0.490 e. The molecule has 8 heteroatoms. The highest BCUT2D eigenvalue weighted by Crippen LogP contribution is 2.23. The van der Waals surface area contributed by atoms with Gasteiger partial charge in [-0.15, -0.1) is 10.2 Å². The monoisotopic (exact) mass is 428 g/mol. The number of benzene rings is 1. The summed E-state index contributed by atoms with van der Waals surface area (Å²) >= 11 is 0. The summed E-state index contributed by atoms with van der Waals surface area (Å²) in [6.07, 6.45) is 3.55. The molecular weight excluding hydrogens is 392 g/mol. The summed E-state index contributed by atoms with van der Waals surface area (Å²) in [6, 6.07) is 6.29. The minimum atomic E-state index is 0.166. The lowest BCUT2D eigenvalue weighted by molar-refractivity contribution is 0.113. The zero-order valence-corrected chi connectivity index (χ0v) is 19.4. The van der Waals surface area contributed by atoms with Crippen LogP contribution >= 0.6 is 0 Å². The van der Waals surface area contributed by atoms with E-state index in [1.54, 1.807) is 0 Å². The molecule has 0 radical (unpaired) electrons. The number of nitrogens with zero attached hydrogens (tertiary/aromatic N) is 4. The summed E-state index contributed by atoms with van der Waals surface area (Å²) in [5.74, 6) is 3.38. The molecule has 0 spiro atoms. The summed E-state index contributed by atoms with van der Waals surface area (Å²) < 4.78 is 13.9. The minimum Gasteiger partial charge on any atom is -0.490 e. The fourth-order valence-electron chi connectivity index (χ4n) is 3.32. The molecule has 8 nitrogen and oxygen atoms in total. The van der Waals surface area contributed by atoms with Crippen LogP contribution in [-0.2, 0) is 24.9 Å². The maximum absolute atomic E-state index is 6.15. The van der Waals surface area contributed by atoms with Crippen LogP contribution in [-0.4, -0.2) is 46.1 Å². The number of ether oxygens (including phenoxy) is 2. The van der Waals surface area contributed by atoms with Crippen LogP contribution in [0.3, 0.4) is 0 Å². The van der Waals surface area contributed by atoms with Crippen molar-refractivity contribution in [2.45, 2.75) is 72.3 Å². The van der Waals surface area contributed by atoms with Gasteiger partial charge in [0.05, 0.1) is 25.3 Å². The van der Waals surface area contributed by atoms with Crippen molar-refractivity contribution >= 4 is 5.96 Å². The van der Waals surface area contributed by atoms with Crippen molar-refractivity contribution in [2.75, 3.05) is 13.2 Å². The number of nitrogens with one attached hydrogen (secondary N) is 2. The molecule has 2 heterocycles. The molecule has 0 saturated carbocycles. The zero-order valence-electron chi connectivity index (χ0n) is 19.4. The van der Waals surface area contributed by atoms with Crippen molar-refractivity contribution in [3.63, 3.8) is 0 Å². The van der Waals surface area contributed by atoms with Crippen LogP contribution in [0.5, 0.6) is 5.75 Å². The predicted molar refractivity (Wildman–Crippen MR) is 122 cm³/mol. The lowest BCUT2D eigenvalue weighted by Gasteiger charge is -2.18. The molecule has 2 aromatic rings. The van der Waals surface area contributed by atoms with Crippen LogP contribution in [0.25, 0.3) is 0 Å². The van der Waals surface area contributed by atoms with E-state index in [0.29, 0.717) is 13.1 Å². The van der Waals surface area contributed by atoms with E-state index in [9.17, 15) is 0 Å². The molecule has 0 amide bonds. The fraction of sp³-hybridized carbons (Fsp3) is 0.609. The number of aliphatic imine (C=N–C) groups is 1. The highest BCUT2D eigenvalue weighted by atomic mass is 16.5. The van der Waals surface area contributed by atoms with Gasteiger partial charge in [0.1, 0.15) is 11.6 Å². The normalized spacial score (nSPS) is 17.6. The van der Waals surface area contributed by atoms with E-state index in [2.05, 4.69) is 59.8 Å². The van der Waals surface area contributed by atoms with Crippen molar-refractivity contribution in [3.8, 4) is 5.75 Å². The summed E-state index contributed by atoms with van der Waals surface area (Å²) in [5.41, 5.74) is 2.25. The summed E-state index contributed by atoms with van der Waals surface area (Å²) in [7, 11) is 1.97. The van der Waals surface area contributed by atoms with Gasteiger partial charge in [0.2, 0.25) is 0 Å². The average molecular weight is 429 g/mol. The molecule has 170 valence electrons. The van der Waals surface area contributed by atoms with E-state index in [4.69, 9.17) is 14.5 Å². The number of aryl methyl sites for hydroxylation is 2. The van der Waals surface area contributed by atoms with Gasteiger partial charge in [-0.05, 0) is 51.7 Å². The Kier molecular flexibility index (Phi) is 8.28. The van der Waals surface area contributed by atoms with Gasteiger partial charge in [-0.3, -0.25) is 0 Å². The quantitative estimate of drug-likeness (QED) is 0.472. The summed E-state index contributed by atoms with van der Waals surface area (Å²) in [5, 5.41) is 15.2. The molecule has 1 aromatic carbocycles. The molecule has 2 unspecified atom stereocenters. The van der Waals surface area contributed by atoms with Crippen molar-refractivity contribution < 1.29 is 9.47 Å². The van der Waals surface area contributed by atoms with Gasteiger partial charge < -0.3 is 24.7 Å². The second kappa shape index (κ2) is 11.1. The van der Waals surface area contributed by atoms with E-state index in [0.717, 1.165) is 61.3 Å². The Hall–Kier alpha value is -2.61. The molecule has 1 aliphatic heterocycles. The topological polar surface area (TPSA) is 85.6 Å². The van der Waals surface area contributed by atoms with Crippen molar-refractivity contribution in [2.24, 2.45) is 12.0 Å². The van der Waals surface area contributed by atoms with Crippen LogP contribution in [0.2, 0.25) is 0 Å². The Morgan fingerprint density at radius 1 is 1.32 bits per heavy atom. The Balaban J connectivity index is 1.71. The number of rotatable bonds is 9. The third-order valence-electron chi connectivity index (χ3n) is 5.65. The highest BCUT2D eigenvalue weighted by Gasteiger charge is 2.16. The van der Waals surface area contributed by atoms with Crippen molar-refractivity contribution in [1.29, 1.82) is 0 Å². The molecule has 1 fully saturated rings. The van der Waals surface area contributed by atoms with Gasteiger partial charge in [0.15, 0.2) is 11.8 Å². The Labute approximate surface area is 185 Å². The van der Waals surface area contributed by atoms with E-state index in [1.165, 1.54) is 5.56 Å². The molecule has 1 saturated heterocycles. The van der Waals surface area contributed by atoms with Gasteiger partial charge in [-0.1, -0.05) is 19.1 Å². The van der Waals surface area contributed by atoms with Gasteiger partial charge in [0, 0.05) is 25.8 Å². The maximum Gasteiger partial charge on any atom is 0.192 e. The molecule has 3 rings (SSSR count). The minimum absolute atomic E-state index is 0.166. The Morgan fingerprint density at radius 3 is 2.84 bits per heavy atom. The first-order valence-corrected chi connectivity index (χ1v) is 11.2. The first-order valence-electron chi connectivity index (χ1n) is 11.2. The highest BCUT2D eigenvalue weighted by molar-refractivity contribution is 5.79. The number of hydrogen-bond donors (Lipinski definition) is 2. The predicted octanol–water partition coefficient (Wildman–Crippen LogP) is 3.02. The second-order valence-corrected chi connectivity index (χ2v) is 8.20. The summed E-state index contributed by atoms with van der Waals surface area (Å²) in [6.45, 7) is 10.9. The van der Waals surface area contributed by atoms with Gasteiger partial charge in [-0.25, -0.2) is 4.99 Å². The van der Waals surface area contributed by atoms with Gasteiger partial charge in [-0.2, -0.15) is 0 Å².